The molecule has 2 aromatic carbocycles. The molecule has 7 aromatic rings. The van der Waals surface area contributed by atoms with Crippen molar-refractivity contribution < 1.29 is 12.9 Å². The Balaban J connectivity index is 0.000000230. The van der Waals surface area contributed by atoms with Crippen LogP contribution in [0.3, 0.4) is 0 Å². The summed E-state index contributed by atoms with van der Waals surface area (Å²) in [6, 6.07) is 27.7. The number of hydrogen-bond acceptors (Lipinski definition) is 9. The Bertz CT molecular complexity index is 3420. The second-order valence-corrected chi connectivity index (χ2v) is 34.3. The molecule has 92 heavy (non-hydrogen) atoms. The molecule has 2 saturated carbocycles. The van der Waals surface area contributed by atoms with Gasteiger partial charge in [0, 0.05) is 89.7 Å². The predicted molar refractivity (Wildman–Crippen MR) is 392 cm³/mol. The van der Waals surface area contributed by atoms with E-state index in [1.807, 2.05) is 62.5 Å². The highest BCUT2D eigenvalue weighted by Gasteiger charge is 2.29. The normalized spacial score (nSPS) is 14.7. The van der Waals surface area contributed by atoms with E-state index in [0.717, 1.165) is 67.3 Å². The van der Waals surface area contributed by atoms with Crippen LogP contribution >= 0.6 is 0 Å². The van der Waals surface area contributed by atoms with Crippen molar-refractivity contribution in [1.82, 2.24) is 34.6 Å². The summed E-state index contributed by atoms with van der Waals surface area (Å²) in [6.45, 7) is 57.9. The lowest BCUT2D eigenvalue weighted by molar-refractivity contribution is 0.389. The number of anilines is 1. The maximum atomic E-state index is 11.4. The smallest absolute Gasteiger partial charge is 0.214 e. The van der Waals surface area contributed by atoms with E-state index in [0.29, 0.717) is 0 Å². The molecule has 0 spiro atoms. The molecule has 0 saturated heterocycles. The van der Waals surface area contributed by atoms with E-state index < -0.39 is 10.0 Å². The van der Waals surface area contributed by atoms with Gasteiger partial charge in [-0.25, -0.2) is 13.1 Å². The summed E-state index contributed by atoms with van der Waals surface area (Å²) in [6.07, 6.45) is 18.2. The Kier molecular flexibility index (Phi) is 27.8. The first kappa shape index (κ1) is 78.2. The molecule has 3 aliphatic rings. The number of nitrogens with one attached hydrogen (secondary N) is 1. The standard InChI is InChI=1S/C15H21N.C15H17N.C13H19N.C11H17N.C9H16N2.C9H15NO.C8H17NO2S/c1-11-9-10-12-13(15(2,3)4)7-6-8-14(12)16(11)5;1-15(2,3)13-10-7-11-16-14(13)12-8-5-4-6-9-12;1-13(2,3)11-8-5-9-14-12(11)10-6-4-7-10;1-8-6-7-12-9(2)10(8)11(3,4)5;1-7-6-10-11(5)8(7)9(2,3)4;1-6-8(9(3,4)5)7(2)11-10-6;1-7(2)12(10,11)9-8-5-3-4-6-8/h6-8H,1,9-10H2,2-5H3;4-11H,1-3H3;5,8-10H,4,6-7H2,1-3H3;6-7H,1-5H3;6H,1-5H3;1-5H3;7-9H,3-6H2,1-2H3. The van der Waals surface area contributed by atoms with E-state index in [2.05, 4.69) is 261 Å². The van der Waals surface area contributed by atoms with Gasteiger partial charge >= 0.3 is 0 Å². The lowest BCUT2D eigenvalue weighted by atomic mass is 9.76. The summed E-state index contributed by atoms with van der Waals surface area (Å²) in [5.41, 5.74) is 21.8. The maximum Gasteiger partial charge on any atom is 0.214 e. The Morgan fingerprint density at radius 1 is 0.554 bits per heavy atom. The fourth-order valence-electron chi connectivity index (χ4n) is 12.8. The van der Waals surface area contributed by atoms with Crippen molar-refractivity contribution >= 4 is 15.7 Å². The monoisotopic (exact) mass is 1270 g/mol. The van der Waals surface area contributed by atoms with E-state index in [4.69, 9.17) is 4.52 Å². The second kappa shape index (κ2) is 32.7. The van der Waals surface area contributed by atoms with Gasteiger partial charge in [-0.1, -0.05) is 210 Å². The van der Waals surface area contributed by atoms with Gasteiger partial charge in [-0.05, 0) is 177 Å². The van der Waals surface area contributed by atoms with Gasteiger partial charge in [-0.2, -0.15) is 5.10 Å². The molecule has 2 aliphatic carbocycles. The van der Waals surface area contributed by atoms with Crippen LogP contribution in [0, 0.1) is 34.6 Å². The van der Waals surface area contributed by atoms with Gasteiger partial charge in [0.15, 0.2) is 0 Å². The van der Waals surface area contributed by atoms with Gasteiger partial charge in [0.25, 0.3) is 0 Å². The van der Waals surface area contributed by atoms with Crippen LogP contribution < -0.4 is 9.62 Å². The average Bonchev–Trinajstić information content (AvgIpc) is 1.18. The molecule has 5 aromatic heterocycles. The molecule has 1 N–H and O–H groups in total. The Morgan fingerprint density at radius 2 is 1.10 bits per heavy atom. The van der Waals surface area contributed by atoms with Gasteiger partial charge in [0.05, 0.1) is 22.8 Å². The molecule has 11 nitrogen and oxygen atoms in total. The topological polar surface area (TPSA) is 132 Å². The minimum Gasteiger partial charge on any atom is -0.361 e. The summed E-state index contributed by atoms with van der Waals surface area (Å²) in [7, 11) is 1.08. The van der Waals surface area contributed by atoms with Crippen molar-refractivity contribution in [3.05, 3.63) is 189 Å². The van der Waals surface area contributed by atoms with Crippen LogP contribution in [0.25, 0.3) is 11.3 Å². The van der Waals surface area contributed by atoms with Gasteiger partial charge in [0.1, 0.15) is 5.76 Å². The molecule has 12 heteroatoms. The molecular weight excluding hydrogens is 1150 g/mol. The number of fused-ring (bicyclic) bond motifs is 1. The van der Waals surface area contributed by atoms with Crippen LogP contribution in [0.1, 0.15) is 269 Å². The number of hydrogen-bond donors (Lipinski definition) is 1. The Morgan fingerprint density at radius 3 is 1.52 bits per heavy atom. The number of rotatable bonds is 5. The van der Waals surface area contributed by atoms with Crippen LogP contribution in [0.4, 0.5) is 5.69 Å². The Hall–Kier alpha value is -6.24. The maximum absolute atomic E-state index is 11.4. The lowest BCUT2D eigenvalue weighted by Gasteiger charge is -2.34. The van der Waals surface area contributed by atoms with E-state index in [1.54, 1.807) is 13.8 Å². The van der Waals surface area contributed by atoms with Crippen molar-refractivity contribution in [2.45, 2.75) is 281 Å². The summed E-state index contributed by atoms with van der Waals surface area (Å²) in [5.74, 6) is 1.68. The minimum absolute atomic E-state index is 0.124. The number of nitrogens with zero attached hydrogens (tertiary/aromatic N) is 7. The number of benzene rings is 2. The molecule has 506 valence electrons. The molecule has 0 radical (unpaired) electrons. The molecule has 0 unspecified atom stereocenters. The van der Waals surface area contributed by atoms with E-state index in [-0.39, 0.29) is 43.8 Å². The van der Waals surface area contributed by atoms with Gasteiger partial charge in [0.2, 0.25) is 10.0 Å². The summed E-state index contributed by atoms with van der Waals surface area (Å²) in [5, 5.41) is 7.80. The van der Waals surface area contributed by atoms with Crippen LogP contribution in [-0.2, 0) is 56.0 Å². The number of pyridine rings is 3. The third-order valence-electron chi connectivity index (χ3n) is 17.3. The van der Waals surface area contributed by atoms with Crippen LogP contribution in [-0.4, -0.2) is 56.6 Å². The first-order chi connectivity index (χ1) is 42.4. The third-order valence-corrected chi connectivity index (χ3v) is 19.2. The number of aryl methyl sites for hydroxylation is 6. The van der Waals surface area contributed by atoms with Crippen LogP contribution in [0.5, 0.6) is 0 Å². The molecule has 6 heterocycles. The van der Waals surface area contributed by atoms with Gasteiger partial charge in [-0.15, -0.1) is 0 Å². The average molecular weight is 1280 g/mol. The fraction of sp³-hybridized carbons (Fsp3) is 0.562. The second-order valence-electron chi connectivity index (χ2n) is 32.0. The van der Waals surface area contributed by atoms with Crippen molar-refractivity contribution in [3.63, 3.8) is 0 Å². The summed E-state index contributed by atoms with van der Waals surface area (Å²) < 4.78 is 32.5. The number of aromatic nitrogens is 6. The highest BCUT2D eigenvalue weighted by Crippen LogP contribution is 2.41. The quantitative estimate of drug-likeness (QED) is 0.179. The SMILES string of the molecule is C=C1CCc2c(cccc2C(C)(C)C)N1C.CC(C)(C)c1cccnc1-c1ccccc1.CC(C)(C)c1cccnc1C1CCC1.CC(C)S(=O)(=O)NC1CCCC1.Cc1ccnc(C)c1C(C)(C)C.Cc1cnn(C)c1C(C)(C)C.Cc1noc(C)c1C(C)(C)C. The van der Waals surface area contributed by atoms with E-state index in [1.165, 1.54) is 92.1 Å². The van der Waals surface area contributed by atoms with E-state index in [9.17, 15) is 8.42 Å². The lowest BCUT2D eigenvalue weighted by Crippen LogP contribution is -2.37. The van der Waals surface area contributed by atoms with Crippen molar-refractivity contribution in [3.8, 4) is 11.3 Å². The fourth-order valence-corrected chi connectivity index (χ4v) is 13.7. The molecule has 0 atom stereocenters. The van der Waals surface area contributed by atoms with Gasteiger partial charge in [-0.3, -0.25) is 19.6 Å². The third kappa shape index (κ3) is 22.8. The molecule has 1 aliphatic heterocycles. The molecule has 2 fully saturated rings. The zero-order chi connectivity index (χ0) is 69.5. The Labute approximate surface area is 560 Å². The minimum atomic E-state index is -3.03. The summed E-state index contributed by atoms with van der Waals surface area (Å²) >= 11 is 0. The highest BCUT2D eigenvalue weighted by molar-refractivity contribution is 7.90. The first-order valence-electron chi connectivity index (χ1n) is 33.8. The number of sulfonamides is 1. The van der Waals surface area contributed by atoms with Crippen molar-refractivity contribution in [1.29, 1.82) is 0 Å². The van der Waals surface area contributed by atoms with Crippen LogP contribution in [0.2, 0.25) is 0 Å². The molecule has 10 rings (SSSR count). The van der Waals surface area contributed by atoms with E-state index >= 15 is 0 Å². The predicted octanol–water partition coefficient (Wildman–Crippen LogP) is 20.4. The summed E-state index contributed by atoms with van der Waals surface area (Å²) in [4.78, 5) is 15.6. The highest BCUT2D eigenvalue weighted by atomic mass is 32.2. The van der Waals surface area contributed by atoms with Crippen LogP contribution in [0.15, 0.2) is 120 Å². The molecule has 0 bridgehead atoms. The number of allylic oxidation sites excluding steroid dienone is 1. The van der Waals surface area contributed by atoms with Crippen molar-refractivity contribution in [2.75, 3.05) is 11.9 Å². The molecular formula is C80H122N8O3S. The van der Waals surface area contributed by atoms with Gasteiger partial charge < -0.3 is 9.42 Å². The molecule has 0 amide bonds. The van der Waals surface area contributed by atoms with Crippen molar-refractivity contribution in [2.24, 2.45) is 7.05 Å². The largest absolute Gasteiger partial charge is 0.361 e. The zero-order valence-corrected chi connectivity index (χ0v) is 63.2. The first-order valence-corrected chi connectivity index (χ1v) is 35.3. The zero-order valence-electron chi connectivity index (χ0n) is 62.4.